The molecule has 0 unspecified atom stereocenters. The normalized spacial score (nSPS) is 14.7. The molecule has 18 heavy (non-hydrogen) atoms. The third-order valence-electron chi connectivity index (χ3n) is 3.00. The molecule has 0 radical (unpaired) electrons. The van der Waals surface area contributed by atoms with E-state index in [4.69, 9.17) is 0 Å². The van der Waals surface area contributed by atoms with E-state index >= 15 is 0 Å². The summed E-state index contributed by atoms with van der Waals surface area (Å²) in [5.74, 6) is 0.859. The second kappa shape index (κ2) is 5.23. The van der Waals surface area contributed by atoms with Crippen LogP contribution in [0, 0.1) is 0 Å². The first-order chi connectivity index (χ1) is 8.90. The molecule has 1 fully saturated rings. The standard InChI is InChI=1S/C14H16N4/c1-2-11(9-15-6-1)8-14-16-7-5-13(18-14)10-17-12-3-4-12/h1-2,5-7,9,12,17H,3-4,8,10H2. The second-order valence-corrected chi connectivity index (χ2v) is 4.66. The maximum absolute atomic E-state index is 4.57. The molecule has 0 spiro atoms. The minimum atomic E-state index is 0.710. The number of hydrogen-bond acceptors (Lipinski definition) is 4. The van der Waals surface area contributed by atoms with Gasteiger partial charge in [-0.1, -0.05) is 6.07 Å². The summed E-state index contributed by atoms with van der Waals surface area (Å²) in [6.45, 7) is 0.841. The van der Waals surface area contributed by atoms with Crippen molar-refractivity contribution in [1.82, 2.24) is 20.3 Å². The number of nitrogens with one attached hydrogen (secondary N) is 1. The zero-order valence-electron chi connectivity index (χ0n) is 10.2. The van der Waals surface area contributed by atoms with E-state index in [1.165, 1.54) is 12.8 Å². The average Bonchev–Trinajstić information content (AvgIpc) is 3.22. The molecule has 4 heteroatoms. The lowest BCUT2D eigenvalue weighted by Gasteiger charge is -2.04. The zero-order valence-corrected chi connectivity index (χ0v) is 10.2. The Morgan fingerprint density at radius 2 is 2.17 bits per heavy atom. The molecule has 0 aromatic carbocycles. The molecule has 0 aliphatic heterocycles. The molecular formula is C14H16N4. The van der Waals surface area contributed by atoms with Crippen molar-refractivity contribution in [3.8, 4) is 0 Å². The Morgan fingerprint density at radius 1 is 1.22 bits per heavy atom. The molecule has 1 saturated carbocycles. The van der Waals surface area contributed by atoms with Crippen molar-refractivity contribution < 1.29 is 0 Å². The topological polar surface area (TPSA) is 50.7 Å². The highest BCUT2D eigenvalue weighted by molar-refractivity contribution is 5.15. The minimum absolute atomic E-state index is 0.710. The Balaban J connectivity index is 1.66. The van der Waals surface area contributed by atoms with Gasteiger partial charge in [-0.05, 0) is 30.5 Å². The van der Waals surface area contributed by atoms with E-state index in [1.54, 1.807) is 6.20 Å². The van der Waals surface area contributed by atoms with Crippen LogP contribution in [-0.2, 0) is 13.0 Å². The van der Waals surface area contributed by atoms with Gasteiger partial charge in [0, 0.05) is 37.6 Å². The van der Waals surface area contributed by atoms with Gasteiger partial charge in [-0.25, -0.2) is 9.97 Å². The van der Waals surface area contributed by atoms with E-state index in [9.17, 15) is 0 Å². The fourth-order valence-corrected chi connectivity index (χ4v) is 1.85. The predicted molar refractivity (Wildman–Crippen MR) is 68.9 cm³/mol. The first-order valence-electron chi connectivity index (χ1n) is 6.33. The van der Waals surface area contributed by atoms with E-state index in [0.717, 1.165) is 30.0 Å². The third-order valence-corrected chi connectivity index (χ3v) is 3.00. The van der Waals surface area contributed by atoms with E-state index in [-0.39, 0.29) is 0 Å². The number of hydrogen-bond donors (Lipinski definition) is 1. The van der Waals surface area contributed by atoms with Gasteiger partial charge >= 0.3 is 0 Å². The quantitative estimate of drug-likeness (QED) is 0.864. The largest absolute Gasteiger partial charge is 0.308 e. The summed E-state index contributed by atoms with van der Waals surface area (Å²) in [7, 11) is 0. The first-order valence-corrected chi connectivity index (χ1v) is 6.33. The van der Waals surface area contributed by atoms with Crippen LogP contribution in [0.15, 0.2) is 36.8 Å². The van der Waals surface area contributed by atoms with Crippen LogP contribution in [0.3, 0.4) is 0 Å². The Bertz CT molecular complexity index is 508. The molecule has 3 rings (SSSR count). The molecule has 0 atom stereocenters. The molecule has 0 bridgehead atoms. The monoisotopic (exact) mass is 240 g/mol. The van der Waals surface area contributed by atoms with Gasteiger partial charge in [0.15, 0.2) is 0 Å². The maximum Gasteiger partial charge on any atom is 0.133 e. The van der Waals surface area contributed by atoms with Crippen LogP contribution in [0.4, 0.5) is 0 Å². The van der Waals surface area contributed by atoms with E-state index < -0.39 is 0 Å². The summed E-state index contributed by atoms with van der Waals surface area (Å²) < 4.78 is 0. The Labute approximate surface area is 107 Å². The molecule has 1 N–H and O–H groups in total. The highest BCUT2D eigenvalue weighted by Gasteiger charge is 2.20. The SMILES string of the molecule is c1cncc(Cc2nccc(CNC3CC3)n2)c1. The van der Waals surface area contributed by atoms with Gasteiger partial charge in [0.25, 0.3) is 0 Å². The molecule has 2 aromatic heterocycles. The maximum atomic E-state index is 4.57. The lowest BCUT2D eigenvalue weighted by atomic mass is 10.2. The predicted octanol–water partition coefficient (Wildman–Crippen LogP) is 1.71. The molecule has 92 valence electrons. The van der Waals surface area contributed by atoms with Gasteiger partial charge in [-0.3, -0.25) is 4.98 Å². The fraction of sp³-hybridized carbons (Fsp3) is 0.357. The Hall–Kier alpha value is -1.81. The lowest BCUT2D eigenvalue weighted by Crippen LogP contribution is -2.16. The number of rotatable bonds is 5. The number of nitrogens with zero attached hydrogens (tertiary/aromatic N) is 3. The van der Waals surface area contributed by atoms with Crippen molar-refractivity contribution >= 4 is 0 Å². The summed E-state index contributed by atoms with van der Waals surface area (Å²) in [5, 5.41) is 3.46. The summed E-state index contributed by atoms with van der Waals surface area (Å²) in [6, 6.07) is 6.67. The highest BCUT2D eigenvalue weighted by Crippen LogP contribution is 2.19. The lowest BCUT2D eigenvalue weighted by molar-refractivity contribution is 0.668. The van der Waals surface area contributed by atoms with Gasteiger partial charge < -0.3 is 5.32 Å². The molecule has 0 saturated heterocycles. The van der Waals surface area contributed by atoms with Crippen molar-refractivity contribution in [1.29, 1.82) is 0 Å². The van der Waals surface area contributed by atoms with E-state index in [2.05, 4.69) is 20.3 Å². The van der Waals surface area contributed by atoms with Crippen LogP contribution in [0.5, 0.6) is 0 Å². The van der Waals surface area contributed by atoms with Gasteiger partial charge in [0.2, 0.25) is 0 Å². The van der Waals surface area contributed by atoms with Gasteiger partial charge in [0.1, 0.15) is 5.82 Å². The fourth-order valence-electron chi connectivity index (χ4n) is 1.85. The molecule has 1 aliphatic carbocycles. The summed E-state index contributed by atoms with van der Waals surface area (Å²) >= 11 is 0. The average molecular weight is 240 g/mol. The van der Waals surface area contributed by atoms with Gasteiger partial charge in [0.05, 0.1) is 5.69 Å². The van der Waals surface area contributed by atoms with Crippen LogP contribution in [0.2, 0.25) is 0 Å². The minimum Gasteiger partial charge on any atom is -0.308 e. The van der Waals surface area contributed by atoms with E-state index in [1.807, 2.05) is 30.6 Å². The van der Waals surface area contributed by atoms with Crippen molar-refractivity contribution in [3.05, 3.63) is 53.9 Å². The molecule has 2 heterocycles. The summed E-state index contributed by atoms with van der Waals surface area (Å²) in [4.78, 5) is 13.0. The summed E-state index contributed by atoms with van der Waals surface area (Å²) in [5.41, 5.74) is 2.21. The third kappa shape index (κ3) is 3.11. The van der Waals surface area contributed by atoms with Crippen LogP contribution < -0.4 is 5.32 Å². The Morgan fingerprint density at radius 3 is 2.94 bits per heavy atom. The smallest absolute Gasteiger partial charge is 0.133 e. The first kappa shape index (κ1) is 11.3. The van der Waals surface area contributed by atoms with Gasteiger partial charge in [-0.2, -0.15) is 0 Å². The molecule has 4 nitrogen and oxygen atoms in total. The van der Waals surface area contributed by atoms with Crippen molar-refractivity contribution in [3.63, 3.8) is 0 Å². The van der Waals surface area contributed by atoms with Crippen molar-refractivity contribution in [2.45, 2.75) is 31.8 Å². The van der Waals surface area contributed by atoms with Gasteiger partial charge in [-0.15, -0.1) is 0 Å². The van der Waals surface area contributed by atoms with Crippen LogP contribution in [-0.4, -0.2) is 21.0 Å². The van der Waals surface area contributed by atoms with Crippen molar-refractivity contribution in [2.75, 3.05) is 0 Å². The second-order valence-electron chi connectivity index (χ2n) is 4.66. The number of aromatic nitrogens is 3. The Kier molecular flexibility index (Phi) is 3.28. The van der Waals surface area contributed by atoms with Crippen molar-refractivity contribution in [2.24, 2.45) is 0 Å². The van der Waals surface area contributed by atoms with E-state index in [0.29, 0.717) is 6.04 Å². The van der Waals surface area contributed by atoms with Crippen LogP contribution >= 0.6 is 0 Å². The molecule has 2 aromatic rings. The summed E-state index contributed by atoms with van der Waals surface area (Å²) in [6.07, 6.45) is 8.81. The van der Waals surface area contributed by atoms with Crippen LogP contribution in [0.25, 0.3) is 0 Å². The molecule has 1 aliphatic rings. The zero-order chi connectivity index (χ0) is 12.2. The molecule has 0 amide bonds. The number of pyridine rings is 1. The molecular weight excluding hydrogens is 224 g/mol. The van der Waals surface area contributed by atoms with Crippen LogP contribution in [0.1, 0.15) is 29.9 Å². The highest BCUT2D eigenvalue weighted by atomic mass is 15.0.